The lowest BCUT2D eigenvalue weighted by atomic mass is 10.1. The largest absolute Gasteiger partial charge is 0.491 e. The van der Waals surface area contributed by atoms with Crippen LogP contribution in [0.4, 0.5) is 0 Å². The van der Waals surface area contributed by atoms with Gasteiger partial charge in [-0.3, -0.25) is 9.13 Å². The summed E-state index contributed by atoms with van der Waals surface area (Å²) in [4.78, 5) is 12.0. The van der Waals surface area contributed by atoms with E-state index in [0.717, 1.165) is 16.6 Å². The predicted octanol–water partition coefficient (Wildman–Crippen LogP) is 1.46. The second kappa shape index (κ2) is 8.60. The lowest BCUT2D eigenvalue weighted by molar-refractivity contribution is 0.108. The highest BCUT2D eigenvalue weighted by atomic mass is 16.5. The molecule has 0 saturated carbocycles. The van der Waals surface area contributed by atoms with Gasteiger partial charge in [-0.15, -0.1) is 0 Å². The van der Waals surface area contributed by atoms with Gasteiger partial charge in [0, 0.05) is 27.2 Å². The smallest absolute Gasteiger partial charge is 0.328 e. The van der Waals surface area contributed by atoms with Gasteiger partial charge < -0.3 is 20.3 Å². The molecule has 3 N–H and O–H groups in total. The molecule has 0 amide bonds. The van der Waals surface area contributed by atoms with E-state index >= 15 is 0 Å². The number of aryl methyl sites for hydroxylation is 2. The number of imidazole rings is 1. The molecule has 7 heteroatoms. The second-order valence-corrected chi connectivity index (χ2v) is 7.10. The van der Waals surface area contributed by atoms with Crippen molar-refractivity contribution in [2.24, 2.45) is 14.1 Å². The molecule has 0 saturated heterocycles. The van der Waals surface area contributed by atoms with Crippen LogP contribution < -0.4 is 15.7 Å². The van der Waals surface area contributed by atoms with Gasteiger partial charge in [-0.2, -0.15) is 0 Å². The van der Waals surface area contributed by atoms with E-state index in [2.05, 4.69) is 5.32 Å². The second-order valence-electron chi connectivity index (χ2n) is 7.10. The molecule has 0 aliphatic rings. The van der Waals surface area contributed by atoms with Crippen molar-refractivity contribution < 1.29 is 14.9 Å². The molecule has 3 aromatic rings. The van der Waals surface area contributed by atoms with Crippen LogP contribution in [0.5, 0.6) is 5.75 Å². The molecule has 7 nitrogen and oxygen atoms in total. The molecular formula is C21H27N3O4. The Labute approximate surface area is 163 Å². The van der Waals surface area contributed by atoms with Gasteiger partial charge in [0.25, 0.3) is 0 Å². The zero-order chi connectivity index (χ0) is 20.3. The van der Waals surface area contributed by atoms with Crippen LogP contribution in [0.25, 0.3) is 11.0 Å². The third kappa shape index (κ3) is 4.44. The lowest BCUT2D eigenvalue weighted by Crippen LogP contribution is -2.23. The number of nitrogens with one attached hydrogen (secondary N) is 1. The minimum absolute atomic E-state index is 0.0964. The van der Waals surface area contributed by atoms with E-state index in [0.29, 0.717) is 24.4 Å². The molecule has 2 aromatic carbocycles. The number of benzene rings is 2. The topological polar surface area (TPSA) is 88.7 Å². The number of nitrogens with zero attached hydrogens (tertiary/aromatic N) is 2. The standard InChI is InChI=1S/C21H27N3O4/c1-14(25)11-22-12-15-4-7-17(8-5-15)28-13-20(26)16-6-9-18-19(10-16)24(3)21(27)23(18)2/h4-10,14,20,22,25-26H,11-13H2,1-3H3/t14-,20-/m1/s1. The average molecular weight is 385 g/mol. The summed E-state index contributed by atoms with van der Waals surface area (Å²) in [6.07, 6.45) is -1.17. The van der Waals surface area contributed by atoms with E-state index in [1.807, 2.05) is 42.5 Å². The monoisotopic (exact) mass is 385 g/mol. The molecule has 150 valence electrons. The van der Waals surface area contributed by atoms with Crippen molar-refractivity contribution >= 4 is 11.0 Å². The first-order chi connectivity index (χ1) is 13.4. The third-order valence-corrected chi connectivity index (χ3v) is 4.78. The number of aliphatic hydroxyl groups is 2. The fourth-order valence-electron chi connectivity index (χ4n) is 3.13. The van der Waals surface area contributed by atoms with Crippen molar-refractivity contribution in [2.45, 2.75) is 25.7 Å². The number of aromatic nitrogens is 2. The summed E-state index contributed by atoms with van der Waals surface area (Å²) in [5, 5.41) is 22.9. The Morgan fingerprint density at radius 3 is 2.39 bits per heavy atom. The van der Waals surface area contributed by atoms with Crippen LogP contribution in [-0.2, 0) is 20.6 Å². The van der Waals surface area contributed by atoms with Crippen LogP contribution in [0.15, 0.2) is 47.3 Å². The Kier molecular flexibility index (Phi) is 6.18. The molecule has 3 rings (SSSR count). The van der Waals surface area contributed by atoms with E-state index in [1.54, 1.807) is 30.2 Å². The highest BCUT2D eigenvalue weighted by Gasteiger charge is 2.13. The Bertz CT molecular complexity index is 989. The normalized spacial score (nSPS) is 13.6. The first kappa shape index (κ1) is 20.1. The molecule has 0 unspecified atom stereocenters. The van der Waals surface area contributed by atoms with Gasteiger partial charge in [0.2, 0.25) is 0 Å². The van der Waals surface area contributed by atoms with Gasteiger partial charge in [-0.25, -0.2) is 4.79 Å². The Morgan fingerprint density at radius 1 is 1.04 bits per heavy atom. The van der Waals surface area contributed by atoms with E-state index in [9.17, 15) is 15.0 Å². The summed E-state index contributed by atoms with van der Waals surface area (Å²) < 4.78 is 8.86. The Balaban J connectivity index is 1.61. The minimum Gasteiger partial charge on any atom is -0.491 e. The highest BCUT2D eigenvalue weighted by molar-refractivity contribution is 5.76. The van der Waals surface area contributed by atoms with E-state index in [4.69, 9.17) is 4.74 Å². The van der Waals surface area contributed by atoms with Gasteiger partial charge in [-0.05, 0) is 42.3 Å². The fourth-order valence-corrected chi connectivity index (χ4v) is 3.13. The van der Waals surface area contributed by atoms with Crippen molar-refractivity contribution in [1.82, 2.24) is 14.5 Å². The molecule has 0 bridgehead atoms. The van der Waals surface area contributed by atoms with Gasteiger partial charge >= 0.3 is 5.69 Å². The van der Waals surface area contributed by atoms with Crippen LogP contribution in [0.3, 0.4) is 0 Å². The summed E-state index contributed by atoms with van der Waals surface area (Å²) in [5.41, 5.74) is 3.29. The molecule has 0 aliphatic heterocycles. The van der Waals surface area contributed by atoms with Crippen molar-refractivity contribution in [2.75, 3.05) is 13.2 Å². The minimum atomic E-state index is -0.799. The van der Waals surface area contributed by atoms with Crippen molar-refractivity contribution in [1.29, 1.82) is 0 Å². The zero-order valence-electron chi connectivity index (χ0n) is 16.4. The molecule has 1 heterocycles. The van der Waals surface area contributed by atoms with Crippen molar-refractivity contribution in [3.8, 4) is 5.75 Å². The van der Waals surface area contributed by atoms with Crippen LogP contribution in [0, 0.1) is 0 Å². The number of hydrogen-bond donors (Lipinski definition) is 3. The first-order valence-corrected chi connectivity index (χ1v) is 9.30. The average Bonchev–Trinajstić information content (AvgIpc) is 2.90. The SMILES string of the molecule is C[C@@H](O)CNCc1ccc(OC[C@@H](O)c2ccc3c(c2)n(C)c(=O)n3C)cc1. The van der Waals surface area contributed by atoms with Gasteiger partial charge in [0.15, 0.2) is 0 Å². The fraction of sp³-hybridized carbons (Fsp3) is 0.381. The quantitative estimate of drug-likeness (QED) is 0.546. The highest BCUT2D eigenvalue weighted by Crippen LogP contribution is 2.21. The molecule has 0 radical (unpaired) electrons. The first-order valence-electron chi connectivity index (χ1n) is 9.30. The number of aliphatic hydroxyl groups excluding tert-OH is 2. The van der Waals surface area contributed by atoms with Crippen LogP contribution in [-0.4, -0.2) is 38.6 Å². The molecular weight excluding hydrogens is 358 g/mol. The van der Waals surface area contributed by atoms with Crippen molar-refractivity contribution in [3.63, 3.8) is 0 Å². The van der Waals surface area contributed by atoms with Gasteiger partial charge in [0.05, 0.1) is 17.1 Å². The number of ether oxygens (including phenoxy) is 1. The van der Waals surface area contributed by atoms with Crippen molar-refractivity contribution in [3.05, 3.63) is 64.1 Å². The third-order valence-electron chi connectivity index (χ3n) is 4.78. The summed E-state index contributed by atoms with van der Waals surface area (Å²) in [6, 6.07) is 13.1. The summed E-state index contributed by atoms with van der Waals surface area (Å²) >= 11 is 0. The predicted molar refractivity (Wildman–Crippen MR) is 108 cm³/mol. The maximum absolute atomic E-state index is 12.0. The number of hydrogen-bond acceptors (Lipinski definition) is 5. The maximum atomic E-state index is 12.0. The van der Waals surface area contributed by atoms with Crippen LogP contribution in [0.2, 0.25) is 0 Å². The van der Waals surface area contributed by atoms with E-state index < -0.39 is 6.10 Å². The lowest BCUT2D eigenvalue weighted by Gasteiger charge is -2.14. The van der Waals surface area contributed by atoms with Gasteiger partial charge in [-0.1, -0.05) is 18.2 Å². The Hall–Kier alpha value is -2.61. The Morgan fingerprint density at radius 2 is 1.71 bits per heavy atom. The molecule has 0 aliphatic carbocycles. The number of rotatable bonds is 8. The molecule has 0 spiro atoms. The molecule has 1 aromatic heterocycles. The summed E-state index contributed by atoms with van der Waals surface area (Å²) in [7, 11) is 3.45. The van der Waals surface area contributed by atoms with Crippen LogP contribution >= 0.6 is 0 Å². The van der Waals surface area contributed by atoms with E-state index in [-0.39, 0.29) is 18.4 Å². The van der Waals surface area contributed by atoms with E-state index in [1.165, 1.54) is 0 Å². The molecule has 0 fully saturated rings. The summed E-state index contributed by atoms with van der Waals surface area (Å²) in [5.74, 6) is 0.673. The zero-order valence-corrected chi connectivity index (χ0v) is 16.4. The molecule has 28 heavy (non-hydrogen) atoms. The van der Waals surface area contributed by atoms with Gasteiger partial charge in [0.1, 0.15) is 18.5 Å². The number of fused-ring (bicyclic) bond motifs is 1. The summed E-state index contributed by atoms with van der Waals surface area (Å²) in [6.45, 7) is 3.07. The maximum Gasteiger partial charge on any atom is 0.328 e. The molecule has 2 atom stereocenters. The van der Waals surface area contributed by atoms with Crippen LogP contribution in [0.1, 0.15) is 24.2 Å².